The van der Waals surface area contributed by atoms with Crippen molar-refractivity contribution in [2.24, 2.45) is 11.8 Å². The Morgan fingerprint density at radius 3 is 2.32 bits per heavy atom. The zero-order valence-electron chi connectivity index (χ0n) is 12.2. The van der Waals surface area contributed by atoms with E-state index in [4.69, 9.17) is 5.26 Å². The van der Waals surface area contributed by atoms with Gasteiger partial charge in [-0.25, -0.2) is 0 Å². The maximum atomic E-state index is 8.85. The van der Waals surface area contributed by atoms with E-state index in [1.54, 1.807) is 0 Å². The van der Waals surface area contributed by atoms with Gasteiger partial charge in [0, 0.05) is 0 Å². The molecule has 1 unspecified atom stereocenters. The lowest BCUT2D eigenvalue weighted by atomic mass is 9.73. The monoisotopic (exact) mass is 255 g/mol. The van der Waals surface area contributed by atoms with Gasteiger partial charge in [0.1, 0.15) is 0 Å². The van der Waals surface area contributed by atoms with Crippen molar-refractivity contribution >= 4 is 0 Å². The van der Waals surface area contributed by atoms with Crippen LogP contribution in [0, 0.1) is 23.2 Å². The van der Waals surface area contributed by atoms with Crippen LogP contribution in [-0.2, 0) is 0 Å². The molecule has 1 nitrogen and oxygen atoms in total. The van der Waals surface area contributed by atoms with Crippen LogP contribution < -0.4 is 0 Å². The van der Waals surface area contributed by atoms with Gasteiger partial charge in [-0.1, -0.05) is 51.7 Å². The quantitative estimate of drug-likeness (QED) is 0.719. The maximum absolute atomic E-state index is 8.85. The molecule has 2 rings (SSSR count). The van der Waals surface area contributed by atoms with E-state index in [0.29, 0.717) is 5.92 Å². The molecule has 1 atom stereocenters. The summed E-state index contributed by atoms with van der Waals surface area (Å²) in [5, 5.41) is 8.85. The van der Waals surface area contributed by atoms with Gasteiger partial charge in [0.2, 0.25) is 0 Å². The topological polar surface area (TPSA) is 23.8 Å². The van der Waals surface area contributed by atoms with Gasteiger partial charge in [0.25, 0.3) is 0 Å². The van der Waals surface area contributed by atoms with Crippen molar-refractivity contribution in [2.75, 3.05) is 0 Å². The molecule has 102 valence electrons. The highest BCUT2D eigenvalue weighted by atomic mass is 14.3. The van der Waals surface area contributed by atoms with E-state index in [1.807, 2.05) is 12.1 Å². The van der Waals surface area contributed by atoms with Gasteiger partial charge in [-0.05, 0) is 48.3 Å². The minimum absolute atomic E-state index is 0.635. The minimum atomic E-state index is 0.635. The number of nitrogens with zero attached hydrogens (tertiary/aromatic N) is 1. The Morgan fingerprint density at radius 2 is 1.79 bits per heavy atom. The third kappa shape index (κ3) is 3.60. The molecule has 1 aromatic carbocycles. The largest absolute Gasteiger partial charge is 0.192 e. The zero-order valence-corrected chi connectivity index (χ0v) is 12.2. The molecule has 0 aliphatic heterocycles. The van der Waals surface area contributed by atoms with E-state index in [2.05, 4.69) is 32.0 Å². The van der Waals surface area contributed by atoms with Gasteiger partial charge < -0.3 is 0 Å². The summed E-state index contributed by atoms with van der Waals surface area (Å²) >= 11 is 0. The lowest BCUT2D eigenvalue weighted by Crippen LogP contribution is -2.19. The molecule has 0 saturated heterocycles. The van der Waals surface area contributed by atoms with Gasteiger partial charge in [0.05, 0.1) is 11.6 Å². The first-order valence-corrected chi connectivity index (χ1v) is 7.74. The Hall–Kier alpha value is -1.29. The van der Waals surface area contributed by atoms with Crippen LogP contribution in [0.25, 0.3) is 0 Å². The third-order valence-electron chi connectivity index (χ3n) is 4.86. The van der Waals surface area contributed by atoms with Crippen LogP contribution in [0.15, 0.2) is 24.3 Å². The molecule has 0 radical (unpaired) electrons. The average molecular weight is 255 g/mol. The van der Waals surface area contributed by atoms with Crippen molar-refractivity contribution < 1.29 is 0 Å². The molecule has 1 fully saturated rings. The highest BCUT2D eigenvalue weighted by molar-refractivity contribution is 5.33. The average Bonchev–Trinajstić information content (AvgIpc) is 2.48. The second kappa shape index (κ2) is 6.75. The van der Waals surface area contributed by atoms with Crippen molar-refractivity contribution in [1.82, 2.24) is 0 Å². The second-order valence-corrected chi connectivity index (χ2v) is 6.09. The summed E-state index contributed by atoms with van der Waals surface area (Å²) in [6.45, 7) is 4.65. The molecule has 1 aromatic rings. The summed E-state index contributed by atoms with van der Waals surface area (Å²) in [5.74, 6) is 2.45. The van der Waals surface area contributed by atoms with E-state index in [-0.39, 0.29) is 0 Å². The molecular weight excluding hydrogens is 230 g/mol. The van der Waals surface area contributed by atoms with Crippen molar-refractivity contribution in [3.05, 3.63) is 35.4 Å². The summed E-state index contributed by atoms with van der Waals surface area (Å²) in [6, 6.07) is 10.4. The van der Waals surface area contributed by atoms with E-state index >= 15 is 0 Å². The van der Waals surface area contributed by atoms with E-state index in [9.17, 15) is 0 Å². The Morgan fingerprint density at radius 1 is 1.16 bits per heavy atom. The van der Waals surface area contributed by atoms with Crippen LogP contribution in [0.3, 0.4) is 0 Å². The van der Waals surface area contributed by atoms with Crippen molar-refractivity contribution in [3.8, 4) is 6.07 Å². The molecule has 0 bridgehead atoms. The molecule has 0 amide bonds. The van der Waals surface area contributed by atoms with Crippen molar-refractivity contribution in [2.45, 2.75) is 58.3 Å². The smallest absolute Gasteiger partial charge is 0.0991 e. The Kier molecular flexibility index (Phi) is 5.02. The zero-order chi connectivity index (χ0) is 13.7. The molecule has 0 spiro atoms. The summed E-state index contributed by atoms with van der Waals surface area (Å²) < 4.78 is 0. The molecule has 0 N–H and O–H groups in total. The predicted molar refractivity (Wildman–Crippen MR) is 79.9 cm³/mol. The molecule has 1 aliphatic rings. The molecule has 1 saturated carbocycles. The van der Waals surface area contributed by atoms with Crippen LogP contribution in [0.1, 0.15) is 69.4 Å². The summed E-state index contributed by atoms with van der Waals surface area (Å²) in [5.41, 5.74) is 2.17. The molecule has 1 heteroatoms. The first-order chi connectivity index (χ1) is 9.24. The summed E-state index contributed by atoms with van der Waals surface area (Å²) in [7, 11) is 0. The molecule has 19 heavy (non-hydrogen) atoms. The standard InChI is InChI=1S/C18H25N/c1-3-4-15-5-9-17(10-6-15)14(2)18-11-7-16(13-19)8-12-18/h7-8,11-12,14-15,17H,3-6,9-10H2,1-2H3. The van der Waals surface area contributed by atoms with Gasteiger partial charge in [-0.2, -0.15) is 5.26 Å². The first kappa shape index (κ1) is 14.1. The van der Waals surface area contributed by atoms with E-state index in [0.717, 1.165) is 17.4 Å². The van der Waals surface area contributed by atoms with Gasteiger partial charge in [-0.3, -0.25) is 0 Å². The predicted octanol–water partition coefficient (Wildman–Crippen LogP) is 5.27. The van der Waals surface area contributed by atoms with Crippen LogP contribution in [-0.4, -0.2) is 0 Å². The van der Waals surface area contributed by atoms with Crippen LogP contribution in [0.2, 0.25) is 0 Å². The Labute approximate surface area is 117 Å². The lowest BCUT2D eigenvalue weighted by molar-refractivity contribution is 0.239. The van der Waals surface area contributed by atoms with Gasteiger partial charge in [0.15, 0.2) is 0 Å². The van der Waals surface area contributed by atoms with E-state index in [1.165, 1.54) is 44.1 Å². The van der Waals surface area contributed by atoms with Crippen molar-refractivity contribution in [1.29, 1.82) is 5.26 Å². The number of hydrogen-bond acceptors (Lipinski definition) is 1. The van der Waals surface area contributed by atoms with Crippen LogP contribution >= 0.6 is 0 Å². The molecular formula is C18H25N. The lowest BCUT2D eigenvalue weighted by Gasteiger charge is -2.32. The van der Waals surface area contributed by atoms with Crippen molar-refractivity contribution in [3.63, 3.8) is 0 Å². The highest BCUT2D eigenvalue weighted by Crippen LogP contribution is 2.39. The number of nitriles is 1. The highest BCUT2D eigenvalue weighted by Gasteiger charge is 2.25. The summed E-state index contributed by atoms with van der Waals surface area (Å²) in [4.78, 5) is 0. The van der Waals surface area contributed by atoms with Gasteiger partial charge >= 0.3 is 0 Å². The fourth-order valence-corrected chi connectivity index (χ4v) is 3.52. The Balaban J connectivity index is 1.93. The number of hydrogen-bond donors (Lipinski definition) is 0. The SMILES string of the molecule is CCCC1CCC(C(C)c2ccc(C#N)cc2)CC1. The fourth-order valence-electron chi connectivity index (χ4n) is 3.52. The third-order valence-corrected chi connectivity index (χ3v) is 4.86. The minimum Gasteiger partial charge on any atom is -0.192 e. The van der Waals surface area contributed by atoms with Crippen LogP contribution in [0.4, 0.5) is 0 Å². The number of rotatable bonds is 4. The fraction of sp³-hybridized carbons (Fsp3) is 0.611. The van der Waals surface area contributed by atoms with E-state index < -0.39 is 0 Å². The maximum Gasteiger partial charge on any atom is 0.0991 e. The Bertz CT molecular complexity index is 418. The molecule has 1 aliphatic carbocycles. The molecule has 0 heterocycles. The number of benzene rings is 1. The van der Waals surface area contributed by atoms with Gasteiger partial charge in [-0.15, -0.1) is 0 Å². The first-order valence-electron chi connectivity index (χ1n) is 7.74. The van der Waals surface area contributed by atoms with Crippen LogP contribution in [0.5, 0.6) is 0 Å². The normalized spacial score (nSPS) is 24.7. The summed E-state index contributed by atoms with van der Waals surface area (Å²) in [6.07, 6.45) is 8.34. The molecule has 0 aromatic heterocycles. The second-order valence-electron chi connectivity index (χ2n) is 6.09.